The van der Waals surface area contributed by atoms with Gasteiger partial charge in [-0.1, -0.05) is 6.07 Å². The van der Waals surface area contributed by atoms with Crippen LogP contribution in [0.15, 0.2) is 17.5 Å². The van der Waals surface area contributed by atoms with Crippen LogP contribution in [0.1, 0.15) is 11.8 Å². The van der Waals surface area contributed by atoms with Gasteiger partial charge in [0, 0.05) is 17.5 Å². The smallest absolute Gasteiger partial charge is 0.302 e. The third-order valence-corrected chi connectivity index (χ3v) is 3.75. The van der Waals surface area contributed by atoms with Crippen molar-refractivity contribution in [1.29, 1.82) is 5.26 Å². The van der Waals surface area contributed by atoms with Crippen molar-refractivity contribution in [2.24, 2.45) is 5.92 Å². The molecule has 1 aromatic rings. The maximum absolute atomic E-state index is 12.5. The van der Waals surface area contributed by atoms with E-state index in [9.17, 15) is 13.2 Å². The molecule has 0 amide bonds. The summed E-state index contributed by atoms with van der Waals surface area (Å²) < 4.78 is 37.4. The SMILES string of the molecule is CC(Cc1cccs1)N(C)CC(C#N)C(F)(F)F. The molecular formula is C12H15F3N2S. The van der Waals surface area contributed by atoms with Gasteiger partial charge in [-0.2, -0.15) is 18.4 Å². The fourth-order valence-electron chi connectivity index (χ4n) is 1.56. The molecule has 0 saturated heterocycles. The van der Waals surface area contributed by atoms with Crippen LogP contribution < -0.4 is 0 Å². The van der Waals surface area contributed by atoms with Gasteiger partial charge in [-0.3, -0.25) is 0 Å². The second kappa shape index (κ2) is 6.21. The normalized spacial score (nSPS) is 15.4. The summed E-state index contributed by atoms with van der Waals surface area (Å²) in [5.74, 6) is -1.92. The molecule has 2 nitrogen and oxygen atoms in total. The first kappa shape index (κ1) is 15.0. The summed E-state index contributed by atoms with van der Waals surface area (Å²) in [6, 6.07) is 5.17. The summed E-state index contributed by atoms with van der Waals surface area (Å²) in [6.07, 6.45) is -3.75. The highest BCUT2D eigenvalue weighted by Crippen LogP contribution is 2.26. The van der Waals surface area contributed by atoms with E-state index in [0.29, 0.717) is 6.42 Å². The molecule has 0 saturated carbocycles. The van der Waals surface area contributed by atoms with Crippen LogP contribution >= 0.6 is 11.3 Å². The third kappa shape index (κ3) is 4.31. The van der Waals surface area contributed by atoms with E-state index in [2.05, 4.69) is 0 Å². The monoisotopic (exact) mass is 276 g/mol. The first-order chi connectivity index (χ1) is 8.34. The van der Waals surface area contributed by atoms with Gasteiger partial charge in [-0.05, 0) is 31.8 Å². The molecule has 0 bridgehead atoms. The highest BCUT2D eigenvalue weighted by Gasteiger charge is 2.40. The minimum Gasteiger partial charge on any atom is -0.302 e. The van der Waals surface area contributed by atoms with Crippen molar-refractivity contribution in [3.05, 3.63) is 22.4 Å². The second-order valence-corrected chi connectivity index (χ2v) is 5.33. The van der Waals surface area contributed by atoms with E-state index in [1.807, 2.05) is 24.4 Å². The van der Waals surface area contributed by atoms with Gasteiger partial charge in [0.25, 0.3) is 0 Å². The zero-order chi connectivity index (χ0) is 13.8. The summed E-state index contributed by atoms with van der Waals surface area (Å²) in [4.78, 5) is 2.72. The molecule has 1 rings (SSSR count). The quantitative estimate of drug-likeness (QED) is 0.825. The Hall–Kier alpha value is -1.06. The average molecular weight is 276 g/mol. The van der Waals surface area contributed by atoms with Gasteiger partial charge in [0.2, 0.25) is 0 Å². The molecule has 0 aliphatic heterocycles. The molecule has 0 aliphatic carbocycles. The van der Waals surface area contributed by atoms with Crippen LogP contribution in [0.2, 0.25) is 0 Å². The Labute approximate surface area is 109 Å². The van der Waals surface area contributed by atoms with Crippen molar-refractivity contribution in [2.45, 2.75) is 25.6 Å². The van der Waals surface area contributed by atoms with Gasteiger partial charge in [0.15, 0.2) is 5.92 Å². The molecule has 2 atom stereocenters. The Morgan fingerprint density at radius 3 is 2.61 bits per heavy atom. The van der Waals surface area contributed by atoms with E-state index in [-0.39, 0.29) is 12.6 Å². The maximum atomic E-state index is 12.5. The van der Waals surface area contributed by atoms with Crippen LogP contribution in [-0.2, 0) is 6.42 Å². The fraction of sp³-hybridized carbons (Fsp3) is 0.583. The number of hydrogen-bond donors (Lipinski definition) is 0. The summed E-state index contributed by atoms with van der Waals surface area (Å²) >= 11 is 1.58. The van der Waals surface area contributed by atoms with Crippen LogP contribution in [-0.4, -0.2) is 30.7 Å². The Morgan fingerprint density at radius 2 is 2.17 bits per heavy atom. The van der Waals surface area contributed by atoms with Crippen LogP contribution in [0.5, 0.6) is 0 Å². The van der Waals surface area contributed by atoms with Gasteiger partial charge >= 0.3 is 6.18 Å². The van der Waals surface area contributed by atoms with Crippen molar-refractivity contribution >= 4 is 11.3 Å². The van der Waals surface area contributed by atoms with Crippen molar-refractivity contribution < 1.29 is 13.2 Å². The van der Waals surface area contributed by atoms with Gasteiger partial charge < -0.3 is 4.90 Å². The lowest BCUT2D eigenvalue weighted by Crippen LogP contribution is -2.39. The molecule has 100 valence electrons. The van der Waals surface area contributed by atoms with Gasteiger partial charge in [-0.25, -0.2) is 0 Å². The molecule has 1 heterocycles. The Kier molecular flexibility index (Phi) is 5.17. The first-order valence-electron chi connectivity index (χ1n) is 5.53. The molecule has 0 N–H and O–H groups in total. The van der Waals surface area contributed by atoms with Crippen molar-refractivity contribution in [3.8, 4) is 6.07 Å². The molecule has 6 heteroatoms. The van der Waals surface area contributed by atoms with Crippen LogP contribution in [0.4, 0.5) is 13.2 Å². The number of nitrogens with zero attached hydrogens (tertiary/aromatic N) is 2. The van der Waals surface area contributed by atoms with E-state index >= 15 is 0 Å². The van der Waals surface area contributed by atoms with Crippen molar-refractivity contribution in [1.82, 2.24) is 4.90 Å². The van der Waals surface area contributed by atoms with E-state index in [1.54, 1.807) is 23.3 Å². The average Bonchev–Trinajstić information content (AvgIpc) is 2.76. The minimum absolute atomic E-state index is 0.0261. The number of rotatable bonds is 5. The van der Waals surface area contributed by atoms with E-state index in [0.717, 1.165) is 4.88 Å². The Bertz CT molecular complexity index is 394. The molecule has 18 heavy (non-hydrogen) atoms. The van der Waals surface area contributed by atoms with E-state index < -0.39 is 12.1 Å². The lowest BCUT2D eigenvalue weighted by Gasteiger charge is -2.27. The predicted molar refractivity (Wildman–Crippen MR) is 65.3 cm³/mol. The zero-order valence-corrected chi connectivity index (χ0v) is 11.1. The van der Waals surface area contributed by atoms with Gasteiger partial charge in [-0.15, -0.1) is 11.3 Å². The molecule has 2 unspecified atom stereocenters. The lowest BCUT2D eigenvalue weighted by atomic mass is 10.1. The topological polar surface area (TPSA) is 27.0 Å². The minimum atomic E-state index is -4.45. The number of nitriles is 1. The largest absolute Gasteiger partial charge is 0.405 e. The molecular weight excluding hydrogens is 261 g/mol. The number of hydrogen-bond acceptors (Lipinski definition) is 3. The molecule has 0 fully saturated rings. The molecule has 1 aromatic heterocycles. The summed E-state index contributed by atoms with van der Waals surface area (Å²) in [7, 11) is 1.62. The van der Waals surface area contributed by atoms with E-state index in [1.165, 1.54) is 6.07 Å². The maximum Gasteiger partial charge on any atom is 0.405 e. The third-order valence-electron chi connectivity index (χ3n) is 2.85. The van der Waals surface area contributed by atoms with E-state index in [4.69, 9.17) is 5.26 Å². The highest BCUT2D eigenvalue weighted by atomic mass is 32.1. The molecule has 0 aliphatic rings. The number of alkyl halides is 3. The van der Waals surface area contributed by atoms with Crippen LogP contribution in [0.25, 0.3) is 0 Å². The summed E-state index contributed by atoms with van der Waals surface area (Å²) in [5.41, 5.74) is 0. The Morgan fingerprint density at radius 1 is 1.50 bits per heavy atom. The van der Waals surface area contributed by atoms with Crippen LogP contribution in [0.3, 0.4) is 0 Å². The standard InChI is InChI=1S/C12H15F3N2S/c1-9(6-11-4-3-5-18-11)17(2)8-10(7-16)12(13,14)15/h3-5,9-10H,6,8H2,1-2H3. The van der Waals surface area contributed by atoms with Crippen LogP contribution in [0, 0.1) is 17.2 Å². The predicted octanol–water partition coefficient (Wildman–Crippen LogP) is 3.31. The number of thiophene rings is 1. The lowest BCUT2D eigenvalue weighted by molar-refractivity contribution is -0.163. The van der Waals surface area contributed by atoms with Crippen molar-refractivity contribution in [2.75, 3.05) is 13.6 Å². The Balaban J connectivity index is 2.54. The summed E-state index contributed by atoms with van der Waals surface area (Å²) in [5, 5.41) is 10.5. The number of halogens is 3. The molecule has 0 aromatic carbocycles. The molecule has 0 spiro atoms. The second-order valence-electron chi connectivity index (χ2n) is 4.30. The first-order valence-corrected chi connectivity index (χ1v) is 6.41. The van der Waals surface area contributed by atoms with Gasteiger partial charge in [0.05, 0.1) is 6.07 Å². The summed E-state index contributed by atoms with van der Waals surface area (Å²) in [6.45, 7) is 1.58. The highest BCUT2D eigenvalue weighted by molar-refractivity contribution is 7.09. The van der Waals surface area contributed by atoms with Crippen molar-refractivity contribution in [3.63, 3.8) is 0 Å². The number of likely N-dealkylation sites (N-methyl/N-ethyl adjacent to an activating group) is 1. The molecule has 0 radical (unpaired) electrons. The van der Waals surface area contributed by atoms with Gasteiger partial charge in [0.1, 0.15) is 0 Å². The fourth-order valence-corrected chi connectivity index (χ4v) is 2.39. The zero-order valence-electron chi connectivity index (χ0n) is 10.2.